The van der Waals surface area contributed by atoms with Crippen LogP contribution >= 0.6 is 22.9 Å². The zero-order valence-electron chi connectivity index (χ0n) is 22.2. The molecular weight excluding hydrogens is 496 g/mol. The maximum Gasteiger partial charge on any atom is 0.318 e. The summed E-state index contributed by atoms with van der Waals surface area (Å²) in [6.07, 6.45) is 2.70. The standard InChI is InChI=1S/C26H39ClN6O2S/c1-17(7-11-28-23(34)22-18(2)29-24(27)30-19(22)3)32-12-8-21(9-13-32)33(15-20-10-14-36-16-20)25(35)31-26(4,5)6/h10,14,16-17,21H,7-9,11-13,15H2,1-6H3,(H,28,34)(H,31,35). The summed E-state index contributed by atoms with van der Waals surface area (Å²) in [7, 11) is 0. The Morgan fingerprint density at radius 3 is 2.42 bits per heavy atom. The Hall–Kier alpha value is -2.23. The molecule has 1 saturated heterocycles. The number of aromatic nitrogens is 2. The van der Waals surface area contributed by atoms with Crippen molar-refractivity contribution in [2.24, 2.45) is 0 Å². The van der Waals surface area contributed by atoms with Crippen LogP contribution in [-0.2, 0) is 6.54 Å². The molecule has 0 aliphatic carbocycles. The molecule has 8 nitrogen and oxygen atoms in total. The zero-order chi connectivity index (χ0) is 26.5. The van der Waals surface area contributed by atoms with Crippen LogP contribution in [0.25, 0.3) is 0 Å². The monoisotopic (exact) mass is 534 g/mol. The fourth-order valence-electron chi connectivity index (χ4n) is 4.65. The Morgan fingerprint density at radius 1 is 1.22 bits per heavy atom. The highest BCUT2D eigenvalue weighted by Gasteiger charge is 2.31. The fraction of sp³-hybridized carbons (Fsp3) is 0.615. The summed E-state index contributed by atoms with van der Waals surface area (Å²) in [5.41, 5.74) is 2.56. The number of urea groups is 1. The second-order valence-corrected chi connectivity index (χ2v) is 11.8. The van der Waals surface area contributed by atoms with Crippen LogP contribution in [-0.4, -0.2) is 69.0 Å². The van der Waals surface area contributed by atoms with Gasteiger partial charge >= 0.3 is 6.03 Å². The van der Waals surface area contributed by atoms with E-state index in [9.17, 15) is 9.59 Å². The fourth-order valence-corrected chi connectivity index (χ4v) is 5.56. The summed E-state index contributed by atoms with van der Waals surface area (Å²) in [6, 6.07) is 2.61. The van der Waals surface area contributed by atoms with Crippen LogP contribution in [0.3, 0.4) is 0 Å². The molecule has 3 heterocycles. The smallest absolute Gasteiger partial charge is 0.318 e. The van der Waals surface area contributed by atoms with Crippen LogP contribution in [0.15, 0.2) is 16.8 Å². The van der Waals surface area contributed by atoms with Gasteiger partial charge in [-0.2, -0.15) is 11.3 Å². The van der Waals surface area contributed by atoms with E-state index in [4.69, 9.17) is 11.6 Å². The number of piperidine rings is 1. The number of hydrogen-bond donors (Lipinski definition) is 2. The lowest BCUT2D eigenvalue weighted by molar-refractivity contribution is 0.0892. The molecule has 36 heavy (non-hydrogen) atoms. The highest BCUT2D eigenvalue weighted by Crippen LogP contribution is 2.23. The highest BCUT2D eigenvalue weighted by molar-refractivity contribution is 7.07. The Kier molecular flexibility index (Phi) is 9.72. The third kappa shape index (κ3) is 7.88. The molecule has 2 aromatic heterocycles. The van der Waals surface area contributed by atoms with Gasteiger partial charge in [0.15, 0.2) is 0 Å². The van der Waals surface area contributed by atoms with Crippen LogP contribution in [0.5, 0.6) is 0 Å². The number of nitrogens with one attached hydrogen (secondary N) is 2. The third-order valence-electron chi connectivity index (χ3n) is 6.56. The van der Waals surface area contributed by atoms with E-state index < -0.39 is 0 Å². The summed E-state index contributed by atoms with van der Waals surface area (Å²) in [4.78, 5) is 38.5. The Balaban J connectivity index is 1.51. The number of halogens is 1. The van der Waals surface area contributed by atoms with E-state index in [-0.39, 0.29) is 28.8 Å². The van der Waals surface area contributed by atoms with Gasteiger partial charge in [-0.15, -0.1) is 0 Å². The number of likely N-dealkylation sites (tertiary alicyclic amines) is 1. The van der Waals surface area contributed by atoms with Crippen molar-refractivity contribution in [3.63, 3.8) is 0 Å². The number of rotatable bonds is 8. The number of carbonyl (C=O) groups excluding carboxylic acids is 2. The van der Waals surface area contributed by atoms with Crippen molar-refractivity contribution in [1.82, 2.24) is 30.4 Å². The minimum atomic E-state index is -0.279. The average molecular weight is 535 g/mol. The van der Waals surface area contributed by atoms with Gasteiger partial charge < -0.3 is 20.4 Å². The molecule has 2 N–H and O–H groups in total. The van der Waals surface area contributed by atoms with Gasteiger partial charge in [-0.05, 0) is 94.8 Å². The first kappa shape index (κ1) is 28.3. The van der Waals surface area contributed by atoms with Crippen LogP contribution in [0.2, 0.25) is 5.28 Å². The second-order valence-electron chi connectivity index (χ2n) is 10.6. The minimum absolute atomic E-state index is 0.000299. The molecule has 0 aromatic carbocycles. The first-order valence-corrected chi connectivity index (χ1v) is 13.9. The quantitative estimate of drug-likeness (QED) is 0.475. The second kappa shape index (κ2) is 12.3. The summed E-state index contributed by atoms with van der Waals surface area (Å²) < 4.78 is 0. The molecule has 3 amide bonds. The van der Waals surface area contributed by atoms with Gasteiger partial charge in [0.1, 0.15) is 0 Å². The van der Waals surface area contributed by atoms with Crippen molar-refractivity contribution < 1.29 is 9.59 Å². The molecule has 0 radical (unpaired) electrons. The number of thiophene rings is 1. The Labute approximate surface area is 223 Å². The Morgan fingerprint density at radius 2 is 1.86 bits per heavy atom. The summed E-state index contributed by atoms with van der Waals surface area (Å²) in [5.74, 6) is -0.165. The van der Waals surface area contributed by atoms with Gasteiger partial charge in [-0.3, -0.25) is 4.79 Å². The SMILES string of the molecule is Cc1nc(Cl)nc(C)c1C(=O)NCCC(C)N1CCC(N(Cc2ccsc2)C(=O)NC(C)(C)C)CC1. The summed E-state index contributed by atoms with van der Waals surface area (Å²) >= 11 is 7.54. The lowest BCUT2D eigenvalue weighted by atomic mass is 10.00. The van der Waals surface area contributed by atoms with E-state index in [0.717, 1.165) is 32.4 Å². The number of aryl methyl sites for hydroxylation is 2. The van der Waals surface area contributed by atoms with Crippen LogP contribution in [0.4, 0.5) is 4.79 Å². The summed E-state index contributed by atoms with van der Waals surface area (Å²) in [5, 5.41) is 10.5. The predicted molar refractivity (Wildman–Crippen MR) is 146 cm³/mol. The Bertz CT molecular complexity index is 1010. The molecular formula is C26H39ClN6O2S. The number of nitrogens with zero attached hydrogens (tertiary/aromatic N) is 4. The number of carbonyl (C=O) groups is 2. The van der Waals surface area contributed by atoms with E-state index in [2.05, 4.69) is 49.3 Å². The van der Waals surface area contributed by atoms with Crippen LogP contribution in [0, 0.1) is 13.8 Å². The first-order valence-electron chi connectivity index (χ1n) is 12.6. The van der Waals surface area contributed by atoms with Crippen LogP contribution < -0.4 is 10.6 Å². The predicted octanol–water partition coefficient (Wildman–Crippen LogP) is 4.79. The maximum atomic E-state index is 13.1. The first-order chi connectivity index (χ1) is 16.9. The molecule has 10 heteroatoms. The van der Waals surface area contributed by atoms with Crippen molar-refractivity contribution in [2.45, 2.75) is 85.0 Å². The molecule has 0 saturated carbocycles. The highest BCUT2D eigenvalue weighted by atomic mass is 35.5. The van der Waals surface area contributed by atoms with E-state index in [0.29, 0.717) is 36.1 Å². The van der Waals surface area contributed by atoms with Crippen molar-refractivity contribution in [2.75, 3.05) is 19.6 Å². The molecule has 1 fully saturated rings. The molecule has 2 aromatic rings. The van der Waals surface area contributed by atoms with Crippen molar-refractivity contribution in [3.05, 3.63) is 44.6 Å². The van der Waals surface area contributed by atoms with E-state index in [1.54, 1.807) is 25.2 Å². The van der Waals surface area contributed by atoms with Gasteiger partial charge in [-0.25, -0.2) is 14.8 Å². The zero-order valence-corrected chi connectivity index (χ0v) is 23.8. The third-order valence-corrected chi connectivity index (χ3v) is 7.46. The van der Waals surface area contributed by atoms with Gasteiger partial charge in [0, 0.05) is 43.8 Å². The number of hydrogen-bond acceptors (Lipinski definition) is 6. The lowest BCUT2D eigenvalue weighted by Gasteiger charge is -2.41. The summed E-state index contributed by atoms with van der Waals surface area (Å²) in [6.45, 7) is 14.8. The average Bonchev–Trinajstić information content (AvgIpc) is 3.29. The molecule has 1 unspecified atom stereocenters. The molecule has 0 bridgehead atoms. The largest absolute Gasteiger partial charge is 0.352 e. The van der Waals surface area contributed by atoms with E-state index >= 15 is 0 Å². The molecule has 1 aliphatic rings. The van der Waals surface area contributed by atoms with Crippen molar-refractivity contribution in [1.29, 1.82) is 0 Å². The van der Waals surface area contributed by atoms with E-state index in [1.807, 2.05) is 25.7 Å². The van der Waals surface area contributed by atoms with Crippen LogP contribution in [0.1, 0.15) is 74.3 Å². The lowest BCUT2D eigenvalue weighted by Crippen LogP contribution is -2.54. The normalized spacial score (nSPS) is 16.0. The van der Waals surface area contributed by atoms with Gasteiger partial charge in [0.2, 0.25) is 5.28 Å². The van der Waals surface area contributed by atoms with Crippen molar-refractivity contribution >= 4 is 34.9 Å². The topological polar surface area (TPSA) is 90.5 Å². The minimum Gasteiger partial charge on any atom is -0.352 e. The molecule has 198 valence electrons. The van der Waals surface area contributed by atoms with Crippen molar-refractivity contribution in [3.8, 4) is 0 Å². The molecule has 0 spiro atoms. The van der Waals surface area contributed by atoms with Gasteiger partial charge in [-0.1, -0.05) is 0 Å². The molecule has 1 atom stereocenters. The van der Waals surface area contributed by atoms with E-state index in [1.165, 1.54) is 5.56 Å². The van der Waals surface area contributed by atoms with Gasteiger partial charge in [0.25, 0.3) is 5.91 Å². The number of amides is 3. The molecule has 3 rings (SSSR count). The molecule has 1 aliphatic heterocycles. The van der Waals surface area contributed by atoms with Gasteiger partial charge in [0.05, 0.1) is 17.0 Å². The maximum absolute atomic E-state index is 13.1.